The lowest BCUT2D eigenvalue weighted by Gasteiger charge is -2.44. The van der Waals surface area contributed by atoms with Crippen LogP contribution in [0.1, 0.15) is 84.9 Å². The fourth-order valence-corrected chi connectivity index (χ4v) is 6.57. The van der Waals surface area contributed by atoms with Crippen LogP contribution in [0.5, 0.6) is 0 Å². The topological polar surface area (TPSA) is 122 Å². The molecule has 0 spiro atoms. The first-order chi connectivity index (χ1) is 17.8. The largest absolute Gasteiger partial charge is 0.414 e. The number of amidine groups is 1. The highest BCUT2D eigenvalue weighted by atomic mass is 35.5. The van der Waals surface area contributed by atoms with Gasteiger partial charge in [-0.05, 0) is 61.9 Å². The standard InChI is InChI=1S/C13H25ClN2O3Si.C13H23ClN2O2Si/c1-13(2,3)20(4,5)19-10-6-9(7-10)12(15)16-18-11(17)8-14;1-13(2,3)19(4,5)18-10-6-9(7-10)12-15-11(8-14)17-16-12/h9-10H,6-8H2,1-5H3,(H2,15,16);9-10H,6-8H2,1-5H3. The lowest BCUT2D eigenvalue weighted by atomic mass is 9.82. The van der Waals surface area contributed by atoms with Crippen LogP contribution in [0.15, 0.2) is 9.68 Å². The molecular formula is C26H48Cl2N4O5Si2. The zero-order chi connectivity index (χ0) is 29.8. The van der Waals surface area contributed by atoms with Crippen molar-refractivity contribution < 1.29 is 23.0 Å². The zero-order valence-electron chi connectivity index (χ0n) is 25.3. The average Bonchev–Trinajstić information content (AvgIpc) is 3.23. The Balaban J connectivity index is 0.000000274. The van der Waals surface area contributed by atoms with Crippen molar-refractivity contribution in [1.29, 1.82) is 0 Å². The molecule has 2 aliphatic rings. The number of halogens is 2. The van der Waals surface area contributed by atoms with Gasteiger partial charge in [-0.3, -0.25) is 0 Å². The van der Waals surface area contributed by atoms with Gasteiger partial charge >= 0.3 is 5.97 Å². The van der Waals surface area contributed by atoms with Gasteiger partial charge in [0.05, 0.1) is 0 Å². The Morgan fingerprint density at radius 3 is 1.87 bits per heavy atom. The molecule has 1 heterocycles. The third-order valence-electron chi connectivity index (χ3n) is 8.47. The highest BCUT2D eigenvalue weighted by Crippen LogP contribution is 2.44. The highest BCUT2D eigenvalue weighted by Gasteiger charge is 2.44. The Morgan fingerprint density at radius 1 is 0.974 bits per heavy atom. The molecule has 2 fully saturated rings. The maximum Gasteiger partial charge on any atom is 0.349 e. The van der Waals surface area contributed by atoms with Crippen molar-refractivity contribution in [2.24, 2.45) is 16.8 Å². The van der Waals surface area contributed by atoms with Crippen LogP contribution in [0.4, 0.5) is 0 Å². The number of nitrogens with two attached hydrogens (primary N) is 1. The molecule has 0 radical (unpaired) electrons. The van der Waals surface area contributed by atoms with Crippen LogP contribution in [0.3, 0.4) is 0 Å². The number of carbonyl (C=O) groups excluding carboxylic acids is 1. The molecule has 0 aromatic carbocycles. The van der Waals surface area contributed by atoms with Crippen molar-refractivity contribution in [3.05, 3.63) is 11.7 Å². The summed E-state index contributed by atoms with van der Waals surface area (Å²) in [5, 5.41) is 8.05. The summed E-state index contributed by atoms with van der Waals surface area (Å²) in [5.41, 5.74) is 5.78. The fourth-order valence-electron chi connectivity index (χ4n) is 3.65. The van der Waals surface area contributed by atoms with Gasteiger partial charge < -0.3 is 23.9 Å². The second-order valence-electron chi connectivity index (χ2n) is 13.6. The third kappa shape index (κ3) is 9.53. The molecule has 0 bridgehead atoms. The van der Waals surface area contributed by atoms with Crippen LogP contribution in [-0.2, 0) is 24.4 Å². The zero-order valence-corrected chi connectivity index (χ0v) is 28.8. The molecule has 39 heavy (non-hydrogen) atoms. The van der Waals surface area contributed by atoms with Gasteiger partial charge in [0.1, 0.15) is 17.6 Å². The summed E-state index contributed by atoms with van der Waals surface area (Å²) in [4.78, 5) is 19.7. The van der Waals surface area contributed by atoms with E-state index in [-0.39, 0.29) is 33.9 Å². The molecular weight excluding hydrogens is 575 g/mol. The van der Waals surface area contributed by atoms with E-state index in [1.807, 2.05) is 0 Å². The van der Waals surface area contributed by atoms with Crippen LogP contribution in [0.25, 0.3) is 0 Å². The van der Waals surface area contributed by atoms with Crippen LogP contribution in [-0.4, -0.2) is 56.7 Å². The maximum absolute atomic E-state index is 10.9. The second-order valence-corrected chi connectivity index (χ2v) is 23.7. The van der Waals surface area contributed by atoms with Gasteiger partial charge in [0.15, 0.2) is 22.5 Å². The Morgan fingerprint density at radius 2 is 1.46 bits per heavy atom. The average molecular weight is 624 g/mol. The van der Waals surface area contributed by atoms with Crippen molar-refractivity contribution in [3.8, 4) is 0 Å². The molecule has 2 saturated carbocycles. The summed E-state index contributed by atoms with van der Waals surface area (Å²) >= 11 is 11.0. The van der Waals surface area contributed by atoms with Gasteiger partial charge in [-0.25, -0.2) is 4.79 Å². The molecule has 1 aromatic heterocycles. The van der Waals surface area contributed by atoms with E-state index in [0.717, 1.165) is 31.5 Å². The van der Waals surface area contributed by atoms with Crippen molar-refractivity contribution >= 4 is 51.6 Å². The summed E-state index contributed by atoms with van der Waals surface area (Å²) in [7, 11) is -3.38. The number of rotatable bonds is 9. The van der Waals surface area contributed by atoms with Crippen LogP contribution < -0.4 is 5.73 Å². The molecule has 0 atom stereocenters. The van der Waals surface area contributed by atoms with Crippen molar-refractivity contribution in [2.45, 2.75) is 127 Å². The van der Waals surface area contributed by atoms with Crippen LogP contribution in [0, 0.1) is 5.92 Å². The van der Waals surface area contributed by atoms with Crippen molar-refractivity contribution in [1.82, 2.24) is 10.1 Å². The number of hydrogen-bond donors (Lipinski definition) is 1. The fraction of sp³-hybridized carbons (Fsp3) is 0.846. The highest BCUT2D eigenvalue weighted by molar-refractivity contribution is 6.74. The number of carbonyl (C=O) groups is 1. The molecule has 13 heteroatoms. The Kier molecular flexibility index (Phi) is 11.7. The predicted molar refractivity (Wildman–Crippen MR) is 161 cm³/mol. The van der Waals surface area contributed by atoms with E-state index in [0.29, 0.717) is 23.7 Å². The Labute approximate surface area is 246 Å². The number of aromatic nitrogens is 2. The Bertz CT molecular complexity index is 980. The maximum atomic E-state index is 10.9. The molecule has 2 N–H and O–H groups in total. The summed E-state index contributed by atoms with van der Waals surface area (Å²) in [6.45, 7) is 22.5. The summed E-state index contributed by atoms with van der Waals surface area (Å²) in [6.07, 6.45) is 4.24. The van der Waals surface area contributed by atoms with Gasteiger partial charge in [0.2, 0.25) is 5.89 Å². The van der Waals surface area contributed by atoms with Crippen LogP contribution >= 0.6 is 23.2 Å². The number of oxime groups is 1. The van der Waals surface area contributed by atoms with Gasteiger partial charge in [-0.15, -0.1) is 23.2 Å². The lowest BCUT2D eigenvalue weighted by Crippen LogP contribution is -2.49. The van der Waals surface area contributed by atoms with Gasteiger partial charge in [-0.1, -0.05) is 51.9 Å². The second kappa shape index (κ2) is 13.3. The molecule has 224 valence electrons. The first-order valence-electron chi connectivity index (χ1n) is 13.6. The molecule has 0 saturated heterocycles. The molecule has 0 amide bonds. The molecule has 0 unspecified atom stereocenters. The normalized spacial score (nSPS) is 24.3. The molecule has 9 nitrogen and oxygen atoms in total. The lowest BCUT2D eigenvalue weighted by molar-refractivity contribution is -0.140. The van der Waals surface area contributed by atoms with E-state index in [4.69, 9.17) is 42.3 Å². The van der Waals surface area contributed by atoms with E-state index in [2.05, 4.69) is 87.9 Å². The van der Waals surface area contributed by atoms with Crippen molar-refractivity contribution in [3.63, 3.8) is 0 Å². The van der Waals surface area contributed by atoms with E-state index in [9.17, 15) is 4.79 Å². The molecule has 2 aliphatic carbocycles. The minimum atomic E-state index is -1.73. The van der Waals surface area contributed by atoms with Gasteiger partial charge in [0.25, 0.3) is 0 Å². The van der Waals surface area contributed by atoms with Crippen molar-refractivity contribution in [2.75, 3.05) is 5.88 Å². The first-order valence-corrected chi connectivity index (χ1v) is 20.5. The minimum Gasteiger partial charge on any atom is -0.414 e. The smallest absolute Gasteiger partial charge is 0.349 e. The van der Waals surface area contributed by atoms with Crippen LogP contribution in [0.2, 0.25) is 36.3 Å². The number of alkyl halides is 2. The summed E-state index contributed by atoms with van der Waals surface area (Å²) < 4.78 is 17.7. The quantitative estimate of drug-likeness (QED) is 0.0786. The van der Waals surface area contributed by atoms with E-state index in [1.54, 1.807) is 0 Å². The first kappa shape index (κ1) is 34.2. The summed E-state index contributed by atoms with van der Waals surface area (Å²) in [6, 6.07) is 0. The van der Waals surface area contributed by atoms with E-state index >= 15 is 0 Å². The predicted octanol–water partition coefficient (Wildman–Crippen LogP) is 6.92. The van der Waals surface area contributed by atoms with E-state index in [1.165, 1.54) is 0 Å². The Hall–Kier alpha value is -0.986. The monoisotopic (exact) mass is 622 g/mol. The molecule has 1 aromatic rings. The summed E-state index contributed by atoms with van der Waals surface area (Å²) in [5.74, 6) is 1.60. The minimum absolute atomic E-state index is 0.132. The van der Waals surface area contributed by atoms with E-state index < -0.39 is 22.6 Å². The number of nitrogens with zero attached hydrogens (tertiary/aromatic N) is 3. The molecule has 3 rings (SSSR count). The molecule has 0 aliphatic heterocycles. The third-order valence-corrected chi connectivity index (χ3v) is 18.0. The number of hydrogen-bond acceptors (Lipinski definition) is 8. The SMILES string of the molecule is CC(C)(C)[Si](C)(C)OC1CC(/C(N)=N/OC(=O)CCl)C1.CC(C)(C)[Si](C)(C)OC1CC(c2noc(CCl)n2)C1. The van der Waals surface area contributed by atoms with Gasteiger partial charge in [0, 0.05) is 24.0 Å². The van der Waals surface area contributed by atoms with Gasteiger partial charge in [-0.2, -0.15) is 4.98 Å².